The number of nitrogens with two attached hydrogens (primary N) is 1. The SMILES string of the molecule is C[C@H]1Oc2ccc(F)cc2NC(=O)[C@H]1N. The highest BCUT2D eigenvalue weighted by Crippen LogP contribution is 2.29. The lowest BCUT2D eigenvalue weighted by Gasteiger charge is -2.15. The summed E-state index contributed by atoms with van der Waals surface area (Å²) in [5.41, 5.74) is 5.93. The molecule has 80 valence electrons. The molecular formula is C10H11FN2O2. The molecule has 1 amide bonds. The Morgan fingerprint density at radius 2 is 2.27 bits per heavy atom. The minimum Gasteiger partial charge on any atom is -0.486 e. The average Bonchev–Trinajstić information content (AvgIpc) is 2.29. The van der Waals surface area contributed by atoms with E-state index in [0.29, 0.717) is 11.4 Å². The van der Waals surface area contributed by atoms with Crippen LogP contribution in [-0.4, -0.2) is 18.1 Å². The van der Waals surface area contributed by atoms with Gasteiger partial charge in [0.1, 0.15) is 23.7 Å². The highest BCUT2D eigenvalue weighted by molar-refractivity contribution is 5.97. The maximum Gasteiger partial charge on any atom is 0.245 e. The molecule has 5 heteroatoms. The van der Waals surface area contributed by atoms with Crippen LogP contribution in [0, 0.1) is 5.82 Å². The topological polar surface area (TPSA) is 64.3 Å². The summed E-state index contributed by atoms with van der Waals surface area (Å²) < 4.78 is 18.3. The molecule has 3 N–H and O–H groups in total. The van der Waals surface area contributed by atoms with Gasteiger partial charge < -0.3 is 15.8 Å². The third-order valence-corrected chi connectivity index (χ3v) is 2.32. The van der Waals surface area contributed by atoms with E-state index in [1.54, 1.807) is 6.92 Å². The highest BCUT2D eigenvalue weighted by atomic mass is 19.1. The van der Waals surface area contributed by atoms with Crippen LogP contribution in [0.15, 0.2) is 18.2 Å². The second kappa shape index (κ2) is 3.51. The van der Waals surface area contributed by atoms with Crippen LogP contribution in [0.1, 0.15) is 6.92 Å². The molecule has 0 aliphatic carbocycles. The molecule has 2 atom stereocenters. The highest BCUT2D eigenvalue weighted by Gasteiger charge is 2.27. The number of halogens is 1. The van der Waals surface area contributed by atoms with Gasteiger partial charge in [-0.25, -0.2) is 4.39 Å². The van der Waals surface area contributed by atoms with Gasteiger partial charge in [0.15, 0.2) is 0 Å². The van der Waals surface area contributed by atoms with E-state index in [1.165, 1.54) is 18.2 Å². The van der Waals surface area contributed by atoms with Crippen LogP contribution in [0.5, 0.6) is 5.75 Å². The molecule has 0 saturated heterocycles. The number of nitrogens with one attached hydrogen (secondary N) is 1. The van der Waals surface area contributed by atoms with Crippen molar-refractivity contribution in [2.75, 3.05) is 5.32 Å². The van der Waals surface area contributed by atoms with Crippen molar-refractivity contribution in [1.29, 1.82) is 0 Å². The van der Waals surface area contributed by atoms with Crippen molar-refractivity contribution in [3.05, 3.63) is 24.0 Å². The summed E-state index contributed by atoms with van der Waals surface area (Å²) in [6, 6.07) is 3.20. The van der Waals surface area contributed by atoms with Crippen LogP contribution >= 0.6 is 0 Å². The summed E-state index contributed by atoms with van der Waals surface area (Å²) in [5, 5.41) is 2.51. The Morgan fingerprint density at radius 1 is 1.53 bits per heavy atom. The van der Waals surface area contributed by atoms with Gasteiger partial charge in [0.25, 0.3) is 0 Å². The van der Waals surface area contributed by atoms with Gasteiger partial charge in [-0.05, 0) is 19.1 Å². The number of anilines is 1. The molecule has 0 bridgehead atoms. The van der Waals surface area contributed by atoms with E-state index in [9.17, 15) is 9.18 Å². The lowest BCUT2D eigenvalue weighted by Crippen LogP contribution is -2.44. The van der Waals surface area contributed by atoms with E-state index in [0.717, 1.165) is 0 Å². The van der Waals surface area contributed by atoms with Crippen LogP contribution in [-0.2, 0) is 4.79 Å². The first-order valence-electron chi connectivity index (χ1n) is 4.60. The van der Waals surface area contributed by atoms with E-state index < -0.39 is 18.0 Å². The van der Waals surface area contributed by atoms with Crippen molar-refractivity contribution in [3.8, 4) is 5.75 Å². The molecule has 1 aromatic rings. The fourth-order valence-electron chi connectivity index (χ4n) is 1.41. The van der Waals surface area contributed by atoms with Crippen molar-refractivity contribution in [2.45, 2.75) is 19.1 Å². The molecule has 0 saturated carbocycles. The standard InChI is InChI=1S/C10H11FN2O2/c1-5-9(12)10(14)13-7-4-6(11)2-3-8(7)15-5/h2-5,9H,12H2,1H3,(H,13,14)/t5-,9+/m1/s1. The Bertz CT molecular complexity index is 408. The van der Waals surface area contributed by atoms with E-state index in [2.05, 4.69) is 5.32 Å². The molecule has 2 rings (SSSR count). The van der Waals surface area contributed by atoms with E-state index >= 15 is 0 Å². The zero-order chi connectivity index (χ0) is 11.0. The summed E-state index contributed by atoms with van der Waals surface area (Å²) in [6.07, 6.45) is -0.434. The van der Waals surface area contributed by atoms with Crippen molar-refractivity contribution in [1.82, 2.24) is 0 Å². The molecule has 0 spiro atoms. The molecule has 4 nitrogen and oxygen atoms in total. The quantitative estimate of drug-likeness (QED) is 0.667. The number of carbonyl (C=O) groups is 1. The van der Waals surface area contributed by atoms with Gasteiger partial charge in [0.05, 0.1) is 5.69 Å². The first-order chi connectivity index (χ1) is 7.08. The predicted molar refractivity (Wildman–Crippen MR) is 53.1 cm³/mol. The first kappa shape index (κ1) is 9.92. The summed E-state index contributed by atoms with van der Waals surface area (Å²) in [4.78, 5) is 11.5. The Balaban J connectivity index is 2.42. The van der Waals surface area contributed by atoms with Crippen LogP contribution in [0.25, 0.3) is 0 Å². The Hall–Kier alpha value is -1.62. The smallest absolute Gasteiger partial charge is 0.245 e. The number of ether oxygens (including phenoxy) is 1. The third kappa shape index (κ3) is 1.78. The molecular weight excluding hydrogens is 199 g/mol. The van der Waals surface area contributed by atoms with Crippen molar-refractivity contribution >= 4 is 11.6 Å². The lowest BCUT2D eigenvalue weighted by molar-refractivity contribution is -0.118. The second-order valence-electron chi connectivity index (χ2n) is 3.48. The second-order valence-corrected chi connectivity index (χ2v) is 3.48. The monoisotopic (exact) mass is 210 g/mol. The van der Waals surface area contributed by atoms with Gasteiger partial charge in [0, 0.05) is 6.07 Å². The number of hydrogen-bond acceptors (Lipinski definition) is 3. The van der Waals surface area contributed by atoms with Gasteiger partial charge in [-0.2, -0.15) is 0 Å². The Morgan fingerprint density at radius 3 is 3.00 bits per heavy atom. The molecule has 1 aliphatic heterocycles. The molecule has 0 radical (unpaired) electrons. The number of carbonyl (C=O) groups excluding carboxylic acids is 1. The first-order valence-corrected chi connectivity index (χ1v) is 4.60. The van der Waals surface area contributed by atoms with Gasteiger partial charge in [-0.15, -0.1) is 0 Å². The molecule has 0 fully saturated rings. The fraction of sp³-hybridized carbons (Fsp3) is 0.300. The van der Waals surface area contributed by atoms with E-state index in [4.69, 9.17) is 10.5 Å². The average molecular weight is 210 g/mol. The maximum atomic E-state index is 12.9. The molecule has 1 aliphatic rings. The number of hydrogen-bond donors (Lipinski definition) is 2. The molecule has 1 heterocycles. The normalized spacial score (nSPS) is 24.9. The van der Waals surface area contributed by atoms with Gasteiger partial charge in [-0.3, -0.25) is 4.79 Å². The van der Waals surface area contributed by atoms with Crippen molar-refractivity contribution in [2.24, 2.45) is 5.73 Å². The van der Waals surface area contributed by atoms with Crippen LogP contribution < -0.4 is 15.8 Å². The largest absolute Gasteiger partial charge is 0.486 e. The molecule has 0 unspecified atom stereocenters. The minimum atomic E-state index is -0.750. The third-order valence-electron chi connectivity index (χ3n) is 2.32. The minimum absolute atomic E-state index is 0.319. The van der Waals surface area contributed by atoms with Crippen molar-refractivity contribution in [3.63, 3.8) is 0 Å². The number of amides is 1. The van der Waals surface area contributed by atoms with Crippen LogP contribution in [0.2, 0.25) is 0 Å². The van der Waals surface area contributed by atoms with Gasteiger partial charge in [0.2, 0.25) is 5.91 Å². The Kier molecular flexibility index (Phi) is 2.32. The number of benzene rings is 1. The predicted octanol–water partition coefficient (Wildman–Crippen LogP) is 0.872. The summed E-state index contributed by atoms with van der Waals surface area (Å²) in [5.74, 6) is -0.363. The van der Waals surface area contributed by atoms with Crippen molar-refractivity contribution < 1.29 is 13.9 Å². The van der Waals surface area contributed by atoms with Crippen LogP contribution in [0.4, 0.5) is 10.1 Å². The van der Waals surface area contributed by atoms with Crippen LogP contribution in [0.3, 0.4) is 0 Å². The van der Waals surface area contributed by atoms with Gasteiger partial charge >= 0.3 is 0 Å². The molecule has 1 aromatic carbocycles. The fourth-order valence-corrected chi connectivity index (χ4v) is 1.41. The zero-order valence-electron chi connectivity index (χ0n) is 8.16. The molecule has 0 aromatic heterocycles. The molecule has 15 heavy (non-hydrogen) atoms. The lowest BCUT2D eigenvalue weighted by atomic mass is 10.2. The Labute approximate surface area is 86.2 Å². The summed E-state index contributed by atoms with van der Waals surface area (Å²) in [6.45, 7) is 1.70. The summed E-state index contributed by atoms with van der Waals surface area (Å²) in [7, 11) is 0. The van der Waals surface area contributed by atoms with E-state index in [-0.39, 0.29) is 5.91 Å². The van der Waals surface area contributed by atoms with Gasteiger partial charge in [-0.1, -0.05) is 0 Å². The number of fused-ring (bicyclic) bond motifs is 1. The number of rotatable bonds is 0. The van der Waals surface area contributed by atoms with E-state index in [1.807, 2.05) is 0 Å². The zero-order valence-corrected chi connectivity index (χ0v) is 8.16. The maximum absolute atomic E-state index is 12.9. The summed E-state index contributed by atoms with van der Waals surface area (Å²) >= 11 is 0.